The minimum Gasteiger partial charge on any atom is -0.481 e. The van der Waals surface area contributed by atoms with Crippen LogP contribution >= 0.6 is 0 Å². The van der Waals surface area contributed by atoms with E-state index in [0.29, 0.717) is 6.54 Å². The maximum absolute atomic E-state index is 12.0. The van der Waals surface area contributed by atoms with Crippen LogP contribution in [-0.4, -0.2) is 44.4 Å². The highest BCUT2D eigenvalue weighted by atomic mass is 16.4. The molecule has 2 amide bonds. The maximum atomic E-state index is 12.0. The Bertz CT molecular complexity index is 467. The monoisotopic (exact) mass is 266 g/mol. The second-order valence-electron chi connectivity index (χ2n) is 4.71. The lowest BCUT2D eigenvalue weighted by atomic mass is 10.3. The van der Waals surface area contributed by atoms with Crippen LogP contribution in [0.1, 0.15) is 25.0 Å². The Hall–Kier alpha value is -2.05. The Balaban J connectivity index is 1.83. The summed E-state index contributed by atoms with van der Waals surface area (Å²) in [5.41, 5.74) is 0.782. The minimum absolute atomic E-state index is 0.0203. The van der Waals surface area contributed by atoms with Gasteiger partial charge in [-0.15, -0.1) is 0 Å². The number of urea groups is 1. The van der Waals surface area contributed by atoms with E-state index in [9.17, 15) is 9.59 Å². The molecule has 1 saturated carbocycles. The summed E-state index contributed by atoms with van der Waals surface area (Å²) in [5, 5.41) is 15.6. The molecule has 0 unspecified atom stereocenters. The van der Waals surface area contributed by atoms with Gasteiger partial charge >= 0.3 is 12.0 Å². The van der Waals surface area contributed by atoms with Crippen LogP contribution in [-0.2, 0) is 18.4 Å². The fraction of sp³-hybridized carbons (Fsp3) is 0.583. The fourth-order valence-electron chi connectivity index (χ4n) is 1.88. The van der Waals surface area contributed by atoms with Gasteiger partial charge in [-0.3, -0.25) is 9.48 Å². The number of hydrogen-bond donors (Lipinski definition) is 2. The molecular formula is C12H18N4O3. The minimum atomic E-state index is -0.886. The van der Waals surface area contributed by atoms with Crippen molar-refractivity contribution in [2.75, 3.05) is 6.54 Å². The van der Waals surface area contributed by atoms with Crippen LogP contribution < -0.4 is 5.32 Å². The van der Waals surface area contributed by atoms with Crippen LogP contribution in [0.3, 0.4) is 0 Å². The number of amides is 2. The average Bonchev–Trinajstić information content (AvgIpc) is 3.09. The molecule has 7 heteroatoms. The van der Waals surface area contributed by atoms with E-state index < -0.39 is 5.97 Å². The highest BCUT2D eigenvalue weighted by molar-refractivity contribution is 5.76. The van der Waals surface area contributed by atoms with Crippen molar-refractivity contribution < 1.29 is 14.7 Å². The summed E-state index contributed by atoms with van der Waals surface area (Å²) in [4.78, 5) is 24.2. The van der Waals surface area contributed by atoms with Gasteiger partial charge in [-0.05, 0) is 18.9 Å². The lowest BCUT2D eigenvalue weighted by Crippen LogP contribution is -2.42. The predicted molar refractivity (Wildman–Crippen MR) is 67.4 cm³/mol. The third-order valence-corrected chi connectivity index (χ3v) is 3.00. The molecule has 0 radical (unpaired) electrons. The van der Waals surface area contributed by atoms with E-state index in [4.69, 9.17) is 5.11 Å². The third-order valence-electron chi connectivity index (χ3n) is 3.00. The summed E-state index contributed by atoms with van der Waals surface area (Å²) in [6.45, 7) is 0.615. The summed E-state index contributed by atoms with van der Waals surface area (Å²) in [6, 6.07) is 1.82. The van der Waals surface area contributed by atoms with Gasteiger partial charge in [-0.2, -0.15) is 5.10 Å². The molecule has 7 nitrogen and oxygen atoms in total. The summed E-state index contributed by atoms with van der Waals surface area (Å²) < 4.78 is 1.67. The smallest absolute Gasteiger partial charge is 0.317 e. The Morgan fingerprint density at radius 3 is 2.84 bits per heavy atom. The molecule has 1 fully saturated rings. The maximum Gasteiger partial charge on any atom is 0.317 e. The quantitative estimate of drug-likeness (QED) is 0.788. The number of nitrogens with zero attached hydrogens (tertiary/aromatic N) is 3. The molecule has 1 aromatic rings. The summed E-state index contributed by atoms with van der Waals surface area (Å²) in [7, 11) is 1.81. The first kappa shape index (κ1) is 13.4. The number of carboxylic acid groups (broad SMARTS) is 1. The SMILES string of the molecule is Cn1ccc(CNC(=O)N(CCC(=O)O)C2CC2)n1. The van der Waals surface area contributed by atoms with E-state index in [1.54, 1.807) is 9.58 Å². The number of rotatable bonds is 6. The van der Waals surface area contributed by atoms with Gasteiger partial charge in [-0.25, -0.2) is 4.79 Å². The summed E-state index contributed by atoms with van der Waals surface area (Å²) in [5.74, 6) is -0.886. The van der Waals surface area contributed by atoms with Crippen molar-refractivity contribution in [1.29, 1.82) is 0 Å². The summed E-state index contributed by atoms with van der Waals surface area (Å²) >= 11 is 0. The van der Waals surface area contributed by atoms with E-state index >= 15 is 0 Å². The van der Waals surface area contributed by atoms with Gasteiger partial charge in [0.25, 0.3) is 0 Å². The van der Waals surface area contributed by atoms with Crippen molar-refractivity contribution in [1.82, 2.24) is 20.0 Å². The topological polar surface area (TPSA) is 87.5 Å². The van der Waals surface area contributed by atoms with Gasteiger partial charge in [0, 0.05) is 25.8 Å². The van der Waals surface area contributed by atoms with E-state index in [1.807, 2.05) is 19.3 Å². The molecule has 0 bridgehead atoms. The zero-order chi connectivity index (χ0) is 13.8. The van der Waals surface area contributed by atoms with E-state index in [-0.39, 0.29) is 25.0 Å². The molecule has 19 heavy (non-hydrogen) atoms. The van der Waals surface area contributed by atoms with Crippen LogP contribution in [0.5, 0.6) is 0 Å². The molecule has 2 rings (SSSR count). The molecule has 0 aliphatic heterocycles. The molecule has 0 spiro atoms. The second kappa shape index (κ2) is 5.73. The number of carbonyl (C=O) groups excluding carboxylic acids is 1. The van der Waals surface area contributed by atoms with Crippen LogP contribution in [0.15, 0.2) is 12.3 Å². The van der Waals surface area contributed by atoms with Crippen molar-refractivity contribution in [2.45, 2.75) is 31.8 Å². The second-order valence-corrected chi connectivity index (χ2v) is 4.71. The Labute approximate surface area is 111 Å². The van der Waals surface area contributed by atoms with Crippen molar-refractivity contribution >= 4 is 12.0 Å². The third kappa shape index (κ3) is 3.97. The van der Waals surface area contributed by atoms with Crippen molar-refractivity contribution in [2.24, 2.45) is 7.05 Å². The van der Waals surface area contributed by atoms with Crippen molar-refractivity contribution in [3.05, 3.63) is 18.0 Å². The molecule has 0 aromatic carbocycles. The Kier molecular flexibility index (Phi) is 4.03. The molecule has 104 valence electrons. The molecular weight excluding hydrogens is 248 g/mol. The van der Waals surface area contributed by atoms with Gasteiger partial charge in [0.15, 0.2) is 0 Å². The number of hydrogen-bond acceptors (Lipinski definition) is 3. The predicted octanol–water partition coefficient (Wildman–Crippen LogP) is 0.569. The molecule has 1 heterocycles. The van der Waals surface area contributed by atoms with Gasteiger partial charge in [0.2, 0.25) is 0 Å². The summed E-state index contributed by atoms with van der Waals surface area (Å²) in [6.07, 6.45) is 3.70. The van der Waals surface area contributed by atoms with Crippen LogP contribution in [0.25, 0.3) is 0 Å². The van der Waals surface area contributed by atoms with Crippen LogP contribution in [0.4, 0.5) is 4.79 Å². The number of aromatic nitrogens is 2. The zero-order valence-corrected chi connectivity index (χ0v) is 10.9. The number of carboxylic acids is 1. The molecule has 0 atom stereocenters. The molecule has 1 aliphatic rings. The fourth-order valence-corrected chi connectivity index (χ4v) is 1.88. The van der Waals surface area contributed by atoms with Crippen LogP contribution in [0, 0.1) is 0 Å². The number of aliphatic carboxylic acids is 1. The van der Waals surface area contributed by atoms with E-state index in [1.165, 1.54) is 0 Å². The van der Waals surface area contributed by atoms with Crippen LogP contribution in [0.2, 0.25) is 0 Å². The Morgan fingerprint density at radius 1 is 1.58 bits per heavy atom. The van der Waals surface area contributed by atoms with E-state index in [0.717, 1.165) is 18.5 Å². The highest BCUT2D eigenvalue weighted by Crippen LogP contribution is 2.26. The Morgan fingerprint density at radius 2 is 2.32 bits per heavy atom. The molecule has 2 N–H and O–H groups in total. The van der Waals surface area contributed by atoms with E-state index in [2.05, 4.69) is 10.4 Å². The van der Waals surface area contributed by atoms with Crippen molar-refractivity contribution in [3.8, 4) is 0 Å². The molecule has 1 aliphatic carbocycles. The zero-order valence-electron chi connectivity index (χ0n) is 10.9. The van der Waals surface area contributed by atoms with Gasteiger partial charge < -0.3 is 15.3 Å². The first-order valence-corrected chi connectivity index (χ1v) is 6.31. The average molecular weight is 266 g/mol. The van der Waals surface area contributed by atoms with Gasteiger partial charge in [-0.1, -0.05) is 0 Å². The highest BCUT2D eigenvalue weighted by Gasteiger charge is 2.32. The normalized spacial score (nSPS) is 14.2. The first-order valence-electron chi connectivity index (χ1n) is 6.31. The largest absolute Gasteiger partial charge is 0.481 e. The molecule has 0 saturated heterocycles. The number of nitrogens with one attached hydrogen (secondary N) is 1. The first-order chi connectivity index (χ1) is 9.06. The number of aryl methyl sites for hydroxylation is 1. The van der Waals surface area contributed by atoms with Crippen molar-refractivity contribution in [3.63, 3.8) is 0 Å². The number of carbonyl (C=O) groups is 2. The lowest BCUT2D eigenvalue weighted by molar-refractivity contribution is -0.137. The standard InChI is InChI=1S/C12H18N4O3/c1-15-6-4-9(14-15)8-13-12(19)16(10-2-3-10)7-5-11(17)18/h4,6,10H,2-3,5,7-8H2,1H3,(H,13,19)(H,17,18). The van der Waals surface area contributed by atoms with Gasteiger partial charge in [0.05, 0.1) is 18.7 Å². The molecule has 1 aromatic heterocycles. The van der Waals surface area contributed by atoms with Gasteiger partial charge in [0.1, 0.15) is 0 Å². The lowest BCUT2D eigenvalue weighted by Gasteiger charge is -2.21.